The van der Waals surface area contributed by atoms with E-state index in [1.165, 1.54) is 0 Å². The summed E-state index contributed by atoms with van der Waals surface area (Å²) < 4.78 is 7.68. The van der Waals surface area contributed by atoms with Gasteiger partial charge < -0.3 is 9.30 Å². The van der Waals surface area contributed by atoms with E-state index in [4.69, 9.17) is 4.74 Å². The highest BCUT2D eigenvalue weighted by atomic mass is 16.5. The molecule has 0 radical (unpaired) electrons. The van der Waals surface area contributed by atoms with E-state index in [2.05, 4.69) is 15.5 Å². The molecule has 0 atom stereocenters. The predicted molar refractivity (Wildman–Crippen MR) is 113 cm³/mol. The number of carbonyl (C=O) groups excluding carboxylic acids is 1. The summed E-state index contributed by atoms with van der Waals surface area (Å²) in [5.74, 6) is 2.03. The minimum absolute atomic E-state index is 0.154. The molecule has 4 rings (SSSR count). The van der Waals surface area contributed by atoms with Crippen molar-refractivity contribution in [3.63, 3.8) is 0 Å². The molecule has 0 aliphatic carbocycles. The Balaban J connectivity index is 1.39. The molecule has 29 heavy (non-hydrogen) atoms. The van der Waals surface area contributed by atoms with Crippen LogP contribution in [-0.4, -0.2) is 21.7 Å². The molecule has 1 heterocycles. The Kier molecular flexibility index (Phi) is 5.33. The first-order chi connectivity index (χ1) is 14.2. The van der Waals surface area contributed by atoms with Crippen LogP contribution in [0.25, 0.3) is 11.0 Å². The summed E-state index contributed by atoms with van der Waals surface area (Å²) in [6.45, 7) is 2.04. The van der Waals surface area contributed by atoms with Gasteiger partial charge in [-0.3, -0.25) is 4.79 Å². The fraction of sp³-hybridized carbons (Fsp3) is 0.0870. The number of nitrogens with one attached hydrogen (secondary N) is 1. The molecule has 144 valence electrons. The number of amides is 1. The molecular formula is C23H20N4O2. The molecule has 0 aliphatic rings. The average Bonchev–Trinajstić information content (AvgIpc) is 3.04. The summed E-state index contributed by atoms with van der Waals surface area (Å²) in [5, 5.41) is 4.07. The molecule has 0 unspecified atom stereocenters. The third kappa shape index (κ3) is 4.50. The van der Waals surface area contributed by atoms with Gasteiger partial charge in [0.2, 0.25) is 0 Å². The van der Waals surface area contributed by atoms with Gasteiger partial charge in [-0.15, -0.1) is 0 Å². The Hall–Kier alpha value is -3.93. The number of hydrogen-bond acceptors (Lipinski definition) is 4. The minimum atomic E-state index is -0.218. The number of ether oxygens (including phenoxy) is 1. The number of hydrazone groups is 1. The molecule has 0 fully saturated rings. The molecule has 1 amide bonds. The van der Waals surface area contributed by atoms with Crippen molar-refractivity contribution in [1.82, 2.24) is 15.0 Å². The maximum absolute atomic E-state index is 12.3. The maximum Gasteiger partial charge on any atom is 0.260 e. The number of carbonyl (C=O) groups is 1. The first-order valence-electron chi connectivity index (χ1n) is 9.26. The highest BCUT2D eigenvalue weighted by Crippen LogP contribution is 2.21. The lowest BCUT2D eigenvalue weighted by molar-refractivity contribution is -0.121. The summed E-state index contributed by atoms with van der Waals surface area (Å²) in [6.07, 6.45) is 1.59. The monoisotopic (exact) mass is 384 g/mol. The lowest BCUT2D eigenvalue weighted by Crippen LogP contribution is -2.23. The first-order valence-corrected chi connectivity index (χ1v) is 9.26. The summed E-state index contributed by atoms with van der Waals surface area (Å²) >= 11 is 0. The second kappa shape index (κ2) is 8.39. The minimum Gasteiger partial charge on any atom is -0.457 e. The number of fused-ring (bicyclic) bond motifs is 1. The van der Waals surface area contributed by atoms with Crippen molar-refractivity contribution >= 4 is 23.2 Å². The Bertz CT molecular complexity index is 1170. The van der Waals surface area contributed by atoms with Crippen molar-refractivity contribution in [2.45, 2.75) is 13.5 Å². The van der Waals surface area contributed by atoms with Gasteiger partial charge in [0.05, 0.1) is 17.2 Å². The van der Waals surface area contributed by atoms with Crippen LogP contribution in [0, 0.1) is 6.92 Å². The second-order valence-corrected chi connectivity index (χ2v) is 6.51. The SMILES string of the molecule is Cc1nc2ccccc2n1CC(=O)N/N=C/c1cccc(Oc2ccccc2)c1. The maximum atomic E-state index is 12.3. The smallest absolute Gasteiger partial charge is 0.260 e. The van der Waals surface area contributed by atoms with Crippen molar-refractivity contribution in [2.75, 3.05) is 0 Å². The zero-order chi connectivity index (χ0) is 20.1. The first kappa shape index (κ1) is 18.4. The van der Waals surface area contributed by atoms with Crippen LogP contribution in [0.1, 0.15) is 11.4 Å². The molecule has 4 aromatic rings. The zero-order valence-electron chi connectivity index (χ0n) is 15.9. The van der Waals surface area contributed by atoms with Gasteiger partial charge in [0.15, 0.2) is 0 Å². The molecule has 0 spiro atoms. The van der Waals surface area contributed by atoms with Gasteiger partial charge in [-0.05, 0) is 48.9 Å². The molecular weight excluding hydrogens is 364 g/mol. The van der Waals surface area contributed by atoms with Crippen LogP contribution >= 0.6 is 0 Å². The van der Waals surface area contributed by atoms with Crippen LogP contribution in [0.2, 0.25) is 0 Å². The van der Waals surface area contributed by atoms with Crippen LogP contribution in [0.15, 0.2) is 84.0 Å². The number of imidazole rings is 1. The van der Waals surface area contributed by atoms with Gasteiger partial charge in [-0.1, -0.05) is 42.5 Å². The molecule has 0 saturated carbocycles. The summed E-state index contributed by atoms with van der Waals surface area (Å²) in [7, 11) is 0. The summed E-state index contributed by atoms with van der Waals surface area (Å²) in [5.41, 5.74) is 5.19. The third-order valence-electron chi connectivity index (χ3n) is 4.39. The lowest BCUT2D eigenvalue weighted by atomic mass is 10.2. The largest absolute Gasteiger partial charge is 0.457 e. The summed E-state index contributed by atoms with van der Waals surface area (Å²) in [4.78, 5) is 16.8. The van der Waals surface area contributed by atoms with E-state index in [9.17, 15) is 4.79 Å². The Morgan fingerprint density at radius 1 is 1.03 bits per heavy atom. The Labute approximate surface area is 168 Å². The van der Waals surface area contributed by atoms with E-state index in [0.717, 1.165) is 28.2 Å². The molecule has 6 nitrogen and oxygen atoms in total. The predicted octanol–water partition coefficient (Wildman–Crippen LogP) is 4.29. The molecule has 6 heteroatoms. The zero-order valence-corrected chi connectivity index (χ0v) is 15.9. The van der Waals surface area contributed by atoms with E-state index < -0.39 is 0 Å². The number of rotatable bonds is 6. The highest BCUT2D eigenvalue weighted by molar-refractivity contribution is 5.84. The van der Waals surface area contributed by atoms with Crippen molar-refractivity contribution in [3.05, 3.63) is 90.3 Å². The number of nitrogens with zero attached hydrogens (tertiary/aromatic N) is 3. The van der Waals surface area contributed by atoms with Crippen LogP contribution in [-0.2, 0) is 11.3 Å². The number of benzene rings is 3. The van der Waals surface area contributed by atoms with Gasteiger partial charge in [0, 0.05) is 0 Å². The van der Waals surface area contributed by atoms with Crippen molar-refractivity contribution < 1.29 is 9.53 Å². The number of hydrogen-bond donors (Lipinski definition) is 1. The van der Waals surface area contributed by atoms with Crippen molar-refractivity contribution in [2.24, 2.45) is 5.10 Å². The van der Waals surface area contributed by atoms with Crippen LogP contribution < -0.4 is 10.2 Å². The van der Waals surface area contributed by atoms with E-state index in [1.54, 1.807) is 6.21 Å². The lowest BCUT2D eigenvalue weighted by Gasteiger charge is -2.06. The number of aryl methyl sites for hydroxylation is 1. The van der Waals surface area contributed by atoms with Gasteiger partial charge in [-0.2, -0.15) is 5.10 Å². The van der Waals surface area contributed by atoms with E-state index in [1.807, 2.05) is 90.4 Å². The quantitative estimate of drug-likeness (QED) is 0.398. The van der Waals surface area contributed by atoms with Gasteiger partial charge >= 0.3 is 0 Å². The third-order valence-corrected chi connectivity index (χ3v) is 4.39. The fourth-order valence-electron chi connectivity index (χ4n) is 3.04. The van der Waals surface area contributed by atoms with Gasteiger partial charge in [0.25, 0.3) is 5.91 Å². The molecule has 1 aromatic heterocycles. The Morgan fingerprint density at radius 2 is 1.79 bits per heavy atom. The molecule has 1 N–H and O–H groups in total. The van der Waals surface area contributed by atoms with E-state index >= 15 is 0 Å². The average molecular weight is 384 g/mol. The highest BCUT2D eigenvalue weighted by Gasteiger charge is 2.10. The number of aromatic nitrogens is 2. The standard InChI is InChI=1S/C23H20N4O2/c1-17-25-21-12-5-6-13-22(21)27(17)16-23(28)26-24-15-18-8-7-11-20(14-18)29-19-9-3-2-4-10-19/h2-15H,16H2,1H3,(H,26,28)/b24-15+. The normalized spacial score (nSPS) is 11.1. The molecule has 0 bridgehead atoms. The molecule has 0 saturated heterocycles. The van der Waals surface area contributed by atoms with Gasteiger partial charge in [-0.25, -0.2) is 10.4 Å². The van der Waals surface area contributed by atoms with Crippen molar-refractivity contribution in [1.29, 1.82) is 0 Å². The molecule has 3 aromatic carbocycles. The van der Waals surface area contributed by atoms with Gasteiger partial charge in [0.1, 0.15) is 23.9 Å². The Morgan fingerprint density at radius 3 is 2.66 bits per heavy atom. The fourth-order valence-corrected chi connectivity index (χ4v) is 3.04. The van der Waals surface area contributed by atoms with Crippen LogP contribution in [0.5, 0.6) is 11.5 Å². The second-order valence-electron chi connectivity index (χ2n) is 6.51. The van der Waals surface area contributed by atoms with E-state index in [0.29, 0.717) is 5.75 Å². The molecule has 0 aliphatic heterocycles. The van der Waals surface area contributed by atoms with E-state index in [-0.39, 0.29) is 12.5 Å². The summed E-state index contributed by atoms with van der Waals surface area (Å²) in [6, 6.07) is 24.8. The van der Waals surface area contributed by atoms with Crippen LogP contribution in [0.4, 0.5) is 0 Å². The number of para-hydroxylation sites is 3. The van der Waals surface area contributed by atoms with Crippen molar-refractivity contribution in [3.8, 4) is 11.5 Å². The van der Waals surface area contributed by atoms with Crippen LogP contribution in [0.3, 0.4) is 0 Å². The topological polar surface area (TPSA) is 68.5 Å².